The lowest BCUT2D eigenvalue weighted by atomic mass is 10.0. The molecule has 4 heteroatoms. The zero-order chi connectivity index (χ0) is 11.9. The van der Waals surface area contributed by atoms with Crippen molar-refractivity contribution in [3.63, 3.8) is 0 Å². The Morgan fingerprint density at radius 3 is 2.71 bits per heavy atom. The third kappa shape index (κ3) is 3.66. The van der Waals surface area contributed by atoms with Gasteiger partial charge in [-0.05, 0) is 24.8 Å². The fraction of sp³-hybridized carbons (Fsp3) is 0.692. The fourth-order valence-electron chi connectivity index (χ4n) is 2.35. The molecular weight excluding hydrogens is 214 g/mol. The molecule has 94 valence electrons. The van der Waals surface area contributed by atoms with Gasteiger partial charge in [0.15, 0.2) is 0 Å². The van der Waals surface area contributed by atoms with Crippen molar-refractivity contribution in [2.45, 2.75) is 45.1 Å². The normalized spacial score (nSPS) is 17.7. The standard InChI is InChI=1S/C13H21N3O/c14-9-12-7-8-15-16-13(12)17-10-11-5-3-1-2-4-6-11/h7-8,11H,1-6,9-10,14H2. The van der Waals surface area contributed by atoms with Crippen LogP contribution in [-0.4, -0.2) is 16.8 Å². The molecule has 1 aromatic rings. The second-order valence-corrected chi connectivity index (χ2v) is 4.73. The smallest absolute Gasteiger partial charge is 0.237 e. The molecule has 0 saturated heterocycles. The second-order valence-electron chi connectivity index (χ2n) is 4.73. The van der Waals surface area contributed by atoms with E-state index in [0.29, 0.717) is 18.3 Å². The van der Waals surface area contributed by atoms with E-state index in [1.807, 2.05) is 6.07 Å². The van der Waals surface area contributed by atoms with Gasteiger partial charge >= 0.3 is 0 Å². The van der Waals surface area contributed by atoms with E-state index in [-0.39, 0.29) is 0 Å². The number of hydrogen-bond donors (Lipinski definition) is 1. The predicted octanol–water partition coefficient (Wildman–Crippen LogP) is 2.28. The average Bonchev–Trinajstić information content (AvgIpc) is 2.65. The van der Waals surface area contributed by atoms with Crippen LogP contribution in [0.4, 0.5) is 0 Å². The Hall–Kier alpha value is -1.16. The van der Waals surface area contributed by atoms with Crippen LogP contribution in [-0.2, 0) is 6.54 Å². The van der Waals surface area contributed by atoms with Gasteiger partial charge in [-0.25, -0.2) is 0 Å². The van der Waals surface area contributed by atoms with Crippen LogP contribution in [0, 0.1) is 5.92 Å². The highest BCUT2D eigenvalue weighted by Gasteiger charge is 2.14. The van der Waals surface area contributed by atoms with Gasteiger partial charge in [-0.15, -0.1) is 5.10 Å². The maximum atomic E-state index is 5.77. The first-order valence-corrected chi connectivity index (χ1v) is 6.53. The zero-order valence-electron chi connectivity index (χ0n) is 10.3. The SMILES string of the molecule is NCc1ccnnc1OCC1CCCCCC1. The van der Waals surface area contributed by atoms with Gasteiger partial charge in [-0.3, -0.25) is 0 Å². The number of nitrogens with zero attached hydrogens (tertiary/aromatic N) is 2. The summed E-state index contributed by atoms with van der Waals surface area (Å²) in [5, 5.41) is 7.85. The number of aromatic nitrogens is 2. The third-order valence-corrected chi connectivity index (χ3v) is 3.42. The Balaban J connectivity index is 1.87. The molecule has 4 nitrogen and oxygen atoms in total. The molecule has 0 bridgehead atoms. The summed E-state index contributed by atoms with van der Waals surface area (Å²) in [4.78, 5) is 0. The largest absolute Gasteiger partial charge is 0.476 e. The summed E-state index contributed by atoms with van der Waals surface area (Å²) in [6.07, 6.45) is 9.61. The van der Waals surface area contributed by atoms with Gasteiger partial charge in [-0.2, -0.15) is 5.10 Å². The summed E-state index contributed by atoms with van der Waals surface area (Å²) >= 11 is 0. The highest BCUT2D eigenvalue weighted by atomic mass is 16.5. The molecule has 0 aliphatic heterocycles. The first-order chi connectivity index (χ1) is 8.40. The molecule has 1 aliphatic carbocycles. The van der Waals surface area contributed by atoms with Gasteiger partial charge in [0.25, 0.3) is 0 Å². The van der Waals surface area contributed by atoms with Crippen LogP contribution in [0.15, 0.2) is 12.3 Å². The Morgan fingerprint density at radius 2 is 2.00 bits per heavy atom. The lowest BCUT2D eigenvalue weighted by Crippen LogP contribution is -2.14. The summed E-state index contributed by atoms with van der Waals surface area (Å²) in [5.41, 5.74) is 6.58. The van der Waals surface area contributed by atoms with Crippen molar-refractivity contribution >= 4 is 0 Å². The van der Waals surface area contributed by atoms with Crippen molar-refractivity contribution in [3.05, 3.63) is 17.8 Å². The summed E-state index contributed by atoms with van der Waals surface area (Å²) in [6, 6.07) is 1.87. The highest BCUT2D eigenvalue weighted by Crippen LogP contribution is 2.24. The zero-order valence-corrected chi connectivity index (χ0v) is 10.3. The highest BCUT2D eigenvalue weighted by molar-refractivity contribution is 5.22. The molecule has 17 heavy (non-hydrogen) atoms. The van der Waals surface area contributed by atoms with Crippen LogP contribution in [0.25, 0.3) is 0 Å². The minimum atomic E-state index is 0.454. The molecule has 1 heterocycles. The summed E-state index contributed by atoms with van der Waals surface area (Å²) < 4.78 is 5.77. The van der Waals surface area contributed by atoms with Crippen molar-refractivity contribution in [1.29, 1.82) is 0 Å². The summed E-state index contributed by atoms with van der Waals surface area (Å²) in [5.74, 6) is 1.28. The monoisotopic (exact) mass is 235 g/mol. The van der Waals surface area contributed by atoms with E-state index in [2.05, 4.69) is 10.2 Å². The van der Waals surface area contributed by atoms with Gasteiger partial charge < -0.3 is 10.5 Å². The van der Waals surface area contributed by atoms with E-state index in [0.717, 1.165) is 12.2 Å². The second kappa shape index (κ2) is 6.55. The van der Waals surface area contributed by atoms with Gasteiger partial charge in [0, 0.05) is 12.1 Å². The van der Waals surface area contributed by atoms with Gasteiger partial charge in [0.1, 0.15) is 0 Å². The summed E-state index contributed by atoms with van der Waals surface area (Å²) in [6.45, 7) is 1.21. The van der Waals surface area contributed by atoms with Crippen LogP contribution in [0.3, 0.4) is 0 Å². The first-order valence-electron chi connectivity index (χ1n) is 6.53. The van der Waals surface area contributed by atoms with E-state index in [4.69, 9.17) is 10.5 Å². The Labute approximate surface area is 103 Å². The van der Waals surface area contributed by atoms with E-state index >= 15 is 0 Å². The number of hydrogen-bond acceptors (Lipinski definition) is 4. The van der Waals surface area contributed by atoms with E-state index < -0.39 is 0 Å². The molecule has 0 radical (unpaired) electrons. The average molecular weight is 235 g/mol. The van der Waals surface area contributed by atoms with E-state index in [1.165, 1.54) is 38.5 Å². The molecular formula is C13H21N3O. The van der Waals surface area contributed by atoms with Crippen LogP contribution in [0.2, 0.25) is 0 Å². The lowest BCUT2D eigenvalue weighted by Gasteiger charge is -2.15. The van der Waals surface area contributed by atoms with E-state index in [1.54, 1.807) is 6.20 Å². The van der Waals surface area contributed by atoms with Gasteiger partial charge in [-0.1, -0.05) is 25.7 Å². The van der Waals surface area contributed by atoms with Crippen LogP contribution >= 0.6 is 0 Å². The first kappa shape index (κ1) is 12.3. The molecule has 0 atom stereocenters. The minimum Gasteiger partial charge on any atom is -0.476 e. The van der Waals surface area contributed by atoms with Crippen LogP contribution in [0.5, 0.6) is 5.88 Å². The van der Waals surface area contributed by atoms with Crippen molar-refractivity contribution in [1.82, 2.24) is 10.2 Å². The molecule has 1 fully saturated rings. The maximum Gasteiger partial charge on any atom is 0.237 e. The van der Waals surface area contributed by atoms with Crippen molar-refractivity contribution in [2.75, 3.05) is 6.61 Å². The Bertz CT molecular complexity index is 335. The molecule has 0 amide bonds. The number of ether oxygens (including phenoxy) is 1. The quantitative estimate of drug-likeness (QED) is 0.813. The van der Waals surface area contributed by atoms with Crippen molar-refractivity contribution in [2.24, 2.45) is 11.7 Å². The molecule has 1 saturated carbocycles. The van der Waals surface area contributed by atoms with Crippen molar-refractivity contribution in [3.8, 4) is 5.88 Å². The molecule has 0 unspecified atom stereocenters. The van der Waals surface area contributed by atoms with Crippen LogP contribution in [0.1, 0.15) is 44.1 Å². The molecule has 0 aromatic carbocycles. The fourth-order valence-corrected chi connectivity index (χ4v) is 2.35. The lowest BCUT2D eigenvalue weighted by molar-refractivity contribution is 0.222. The van der Waals surface area contributed by atoms with Gasteiger partial charge in [0.2, 0.25) is 5.88 Å². The molecule has 0 spiro atoms. The molecule has 2 rings (SSSR count). The Morgan fingerprint density at radius 1 is 1.24 bits per heavy atom. The maximum absolute atomic E-state index is 5.77. The molecule has 2 N–H and O–H groups in total. The van der Waals surface area contributed by atoms with E-state index in [9.17, 15) is 0 Å². The third-order valence-electron chi connectivity index (χ3n) is 3.42. The molecule has 1 aromatic heterocycles. The summed E-state index contributed by atoms with van der Waals surface area (Å²) in [7, 11) is 0. The van der Waals surface area contributed by atoms with Gasteiger partial charge in [0.05, 0.1) is 12.8 Å². The minimum absolute atomic E-state index is 0.454. The van der Waals surface area contributed by atoms with Crippen molar-refractivity contribution < 1.29 is 4.74 Å². The van der Waals surface area contributed by atoms with Crippen LogP contribution < -0.4 is 10.5 Å². The predicted molar refractivity (Wildman–Crippen MR) is 66.6 cm³/mol. The molecule has 1 aliphatic rings. The Kier molecular flexibility index (Phi) is 4.74. The number of nitrogens with two attached hydrogens (primary N) is 1. The number of rotatable bonds is 4. The topological polar surface area (TPSA) is 61.0 Å².